The molecule has 4 aromatic carbocycles. The van der Waals surface area contributed by atoms with Crippen LogP contribution in [-0.4, -0.2) is 13.3 Å². The first-order valence-corrected chi connectivity index (χ1v) is 10.6. The van der Waals surface area contributed by atoms with E-state index in [1.54, 1.807) is 12.1 Å². The number of hydrogen-bond donors (Lipinski definition) is 2. The summed E-state index contributed by atoms with van der Waals surface area (Å²) in [5.74, 6) is 1.24. The summed E-state index contributed by atoms with van der Waals surface area (Å²) >= 11 is 4.11. The maximum atomic E-state index is 13.1. The Kier molecular flexibility index (Phi) is 8.46. The molecule has 5 heteroatoms. The van der Waals surface area contributed by atoms with Gasteiger partial charge in [-0.1, -0.05) is 42.5 Å². The molecule has 0 saturated carbocycles. The summed E-state index contributed by atoms with van der Waals surface area (Å²) in [6, 6.07) is 29.4. The second-order valence-corrected chi connectivity index (χ2v) is 7.44. The van der Waals surface area contributed by atoms with Crippen molar-refractivity contribution >= 4 is 24.6 Å². The molecular weight excluding hydrogens is 421 g/mol. The van der Waals surface area contributed by atoms with Crippen LogP contribution in [0.2, 0.25) is 0 Å². The normalized spacial score (nSPS) is 9.97. The Bertz CT molecular complexity index is 1130. The van der Waals surface area contributed by atoms with E-state index in [4.69, 9.17) is 4.74 Å². The van der Waals surface area contributed by atoms with E-state index in [1.165, 1.54) is 12.1 Å². The van der Waals surface area contributed by atoms with E-state index in [0.717, 1.165) is 45.1 Å². The van der Waals surface area contributed by atoms with Gasteiger partial charge in [-0.3, -0.25) is 0 Å². The predicted molar refractivity (Wildman–Crippen MR) is 131 cm³/mol. The first kappa shape index (κ1) is 23.1. The van der Waals surface area contributed by atoms with E-state index in [9.17, 15) is 9.18 Å². The molecule has 4 aromatic rings. The minimum absolute atomic E-state index is 0.249. The molecule has 0 aliphatic heterocycles. The van der Waals surface area contributed by atoms with Crippen LogP contribution in [0.4, 0.5) is 10.1 Å². The minimum atomic E-state index is -0.249. The highest BCUT2D eigenvalue weighted by atomic mass is 32.1. The molecule has 0 aliphatic carbocycles. The molecule has 162 valence electrons. The highest BCUT2D eigenvalue weighted by molar-refractivity contribution is 7.80. The number of anilines is 1. The first-order valence-electron chi connectivity index (χ1n) is 10.1. The molecule has 0 atom stereocenters. The SMILES string of the molecule is CNc1ccc(-c2ccc(F)cc2)c(Oc2ccccc2)c1.O=CCc1ccc(S)cc1. The van der Waals surface area contributed by atoms with Crippen LogP contribution in [0.1, 0.15) is 5.56 Å². The zero-order valence-corrected chi connectivity index (χ0v) is 18.6. The van der Waals surface area contributed by atoms with Crippen molar-refractivity contribution in [3.8, 4) is 22.6 Å². The maximum absolute atomic E-state index is 13.1. The van der Waals surface area contributed by atoms with Crippen molar-refractivity contribution < 1.29 is 13.9 Å². The Balaban J connectivity index is 0.000000243. The number of nitrogens with one attached hydrogen (secondary N) is 1. The third-order valence-electron chi connectivity index (χ3n) is 4.65. The van der Waals surface area contributed by atoms with E-state index in [2.05, 4.69) is 17.9 Å². The van der Waals surface area contributed by atoms with Crippen LogP contribution < -0.4 is 10.1 Å². The van der Waals surface area contributed by atoms with Crippen LogP contribution in [0.15, 0.2) is 102 Å². The van der Waals surface area contributed by atoms with Gasteiger partial charge in [-0.15, -0.1) is 12.6 Å². The molecule has 0 aliphatic rings. The number of hydrogen-bond acceptors (Lipinski definition) is 4. The molecule has 32 heavy (non-hydrogen) atoms. The lowest BCUT2D eigenvalue weighted by molar-refractivity contribution is -0.107. The third kappa shape index (κ3) is 6.72. The largest absolute Gasteiger partial charge is 0.457 e. The van der Waals surface area contributed by atoms with Gasteiger partial charge in [0.15, 0.2) is 0 Å². The second-order valence-electron chi connectivity index (χ2n) is 6.92. The van der Waals surface area contributed by atoms with Gasteiger partial charge in [0.05, 0.1) is 0 Å². The smallest absolute Gasteiger partial charge is 0.137 e. The molecule has 0 fully saturated rings. The van der Waals surface area contributed by atoms with Crippen molar-refractivity contribution in [1.82, 2.24) is 0 Å². The zero-order valence-electron chi connectivity index (χ0n) is 17.7. The Hall–Kier alpha value is -3.57. The predicted octanol–water partition coefficient (Wildman–Crippen LogP) is 7.04. The minimum Gasteiger partial charge on any atom is -0.457 e. The van der Waals surface area contributed by atoms with Crippen LogP contribution in [0.25, 0.3) is 11.1 Å². The Morgan fingerprint density at radius 2 is 1.59 bits per heavy atom. The van der Waals surface area contributed by atoms with E-state index < -0.39 is 0 Å². The monoisotopic (exact) mass is 445 g/mol. The molecule has 0 saturated heterocycles. The van der Waals surface area contributed by atoms with E-state index in [-0.39, 0.29) is 5.82 Å². The average molecular weight is 446 g/mol. The molecule has 3 nitrogen and oxygen atoms in total. The topological polar surface area (TPSA) is 38.3 Å². The van der Waals surface area contributed by atoms with Gasteiger partial charge in [0.2, 0.25) is 0 Å². The van der Waals surface area contributed by atoms with Gasteiger partial charge in [0, 0.05) is 35.7 Å². The Morgan fingerprint density at radius 3 is 2.22 bits per heavy atom. The molecule has 0 amide bonds. The maximum Gasteiger partial charge on any atom is 0.137 e. The van der Waals surface area contributed by atoms with Crippen molar-refractivity contribution in [1.29, 1.82) is 0 Å². The van der Waals surface area contributed by atoms with Crippen molar-refractivity contribution in [3.05, 3.63) is 108 Å². The Morgan fingerprint density at radius 1 is 0.906 bits per heavy atom. The lowest BCUT2D eigenvalue weighted by atomic mass is 10.0. The number of carbonyl (C=O) groups excluding carboxylic acids is 1. The van der Waals surface area contributed by atoms with Gasteiger partial charge in [-0.2, -0.15) is 0 Å². The number of aldehydes is 1. The highest BCUT2D eigenvalue weighted by Gasteiger charge is 2.09. The standard InChI is InChI=1S/C19H16FNO.C8H8OS/c1-21-16-11-12-18(14-7-9-15(20)10-8-14)19(13-16)22-17-5-3-2-4-6-17;9-6-5-7-1-3-8(10)4-2-7/h2-13,21H,1H3;1-4,6,10H,5H2. The molecule has 0 heterocycles. The van der Waals surface area contributed by atoms with Gasteiger partial charge >= 0.3 is 0 Å². The van der Waals surface area contributed by atoms with Crippen LogP contribution in [0, 0.1) is 5.82 Å². The van der Waals surface area contributed by atoms with Crippen LogP contribution in [0.3, 0.4) is 0 Å². The van der Waals surface area contributed by atoms with Crippen LogP contribution in [0.5, 0.6) is 11.5 Å². The summed E-state index contributed by atoms with van der Waals surface area (Å²) in [7, 11) is 1.86. The van der Waals surface area contributed by atoms with Crippen LogP contribution in [-0.2, 0) is 11.2 Å². The van der Waals surface area contributed by atoms with Crippen LogP contribution >= 0.6 is 12.6 Å². The van der Waals surface area contributed by atoms with Crippen molar-refractivity contribution in [2.75, 3.05) is 12.4 Å². The van der Waals surface area contributed by atoms with Gasteiger partial charge in [-0.25, -0.2) is 4.39 Å². The number of rotatable bonds is 6. The summed E-state index contributed by atoms with van der Waals surface area (Å²) in [4.78, 5) is 11.0. The van der Waals surface area contributed by atoms with E-state index >= 15 is 0 Å². The van der Waals surface area contributed by atoms with Gasteiger partial charge < -0.3 is 14.8 Å². The summed E-state index contributed by atoms with van der Waals surface area (Å²) in [5.41, 5.74) is 3.82. The van der Waals surface area contributed by atoms with Crippen molar-refractivity contribution in [2.24, 2.45) is 0 Å². The second kappa shape index (κ2) is 11.7. The number of para-hydroxylation sites is 1. The molecule has 0 aromatic heterocycles. The fourth-order valence-corrected chi connectivity index (χ4v) is 3.12. The fraction of sp³-hybridized carbons (Fsp3) is 0.0741. The quantitative estimate of drug-likeness (QED) is 0.247. The lowest BCUT2D eigenvalue weighted by Gasteiger charge is -2.13. The van der Waals surface area contributed by atoms with Gasteiger partial charge in [0.25, 0.3) is 0 Å². The number of halogens is 1. The number of thiol groups is 1. The number of carbonyl (C=O) groups is 1. The zero-order chi connectivity index (χ0) is 22.8. The fourth-order valence-electron chi connectivity index (χ4n) is 2.97. The summed E-state index contributed by atoms with van der Waals surface area (Å²) in [6.45, 7) is 0. The molecule has 0 unspecified atom stereocenters. The third-order valence-corrected chi connectivity index (χ3v) is 4.95. The average Bonchev–Trinajstić information content (AvgIpc) is 2.82. The molecule has 4 rings (SSSR count). The van der Waals surface area contributed by atoms with Gasteiger partial charge in [0.1, 0.15) is 23.6 Å². The molecule has 1 N–H and O–H groups in total. The molecular formula is C27H24FNO2S. The molecule has 0 spiro atoms. The number of benzene rings is 4. The van der Waals surface area contributed by atoms with Crippen molar-refractivity contribution in [2.45, 2.75) is 11.3 Å². The highest BCUT2D eigenvalue weighted by Crippen LogP contribution is 2.35. The van der Waals surface area contributed by atoms with Crippen molar-refractivity contribution in [3.63, 3.8) is 0 Å². The lowest BCUT2D eigenvalue weighted by Crippen LogP contribution is -1.92. The summed E-state index contributed by atoms with van der Waals surface area (Å²) in [6.07, 6.45) is 1.39. The summed E-state index contributed by atoms with van der Waals surface area (Å²) in [5, 5.41) is 3.10. The van der Waals surface area contributed by atoms with Gasteiger partial charge in [-0.05, 0) is 59.7 Å². The first-order chi connectivity index (χ1) is 15.6. The Labute approximate surface area is 193 Å². The summed E-state index contributed by atoms with van der Waals surface area (Å²) < 4.78 is 19.1. The number of ether oxygens (including phenoxy) is 1. The van der Waals surface area contributed by atoms with E-state index in [1.807, 2.05) is 79.8 Å². The molecule has 0 bridgehead atoms. The van der Waals surface area contributed by atoms with E-state index in [0.29, 0.717) is 6.42 Å². The molecule has 0 radical (unpaired) electrons.